The summed E-state index contributed by atoms with van der Waals surface area (Å²) in [6, 6.07) is 21.1. The van der Waals surface area contributed by atoms with Gasteiger partial charge in [0.15, 0.2) is 12.4 Å². The molecule has 26 heavy (non-hydrogen) atoms. The molecule has 3 nitrogen and oxygen atoms in total. The molecule has 0 heterocycles. The van der Waals surface area contributed by atoms with Gasteiger partial charge in [0.2, 0.25) is 0 Å². The highest BCUT2D eigenvalue weighted by atomic mass is 79.9. The Morgan fingerprint density at radius 2 is 1.73 bits per heavy atom. The first-order valence-electron chi connectivity index (χ1n) is 8.29. The van der Waals surface area contributed by atoms with Crippen LogP contribution in [-0.4, -0.2) is 17.5 Å². The number of benzene rings is 3. The molecule has 0 aromatic heterocycles. The van der Waals surface area contributed by atoms with Crippen LogP contribution in [0.25, 0.3) is 11.1 Å². The summed E-state index contributed by atoms with van der Waals surface area (Å²) < 4.78 is 6.49. The molecule has 0 amide bonds. The largest absolute Gasteiger partial charge is 0.485 e. The monoisotopic (exact) mass is 410 g/mol. The van der Waals surface area contributed by atoms with Crippen molar-refractivity contribution >= 4 is 21.7 Å². The predicted octanol–water partition coefficient (Wildman–Crippen LogP) is 5.18. The van der Waals surface area contributed by atoms with Gasteiger partial charge in [-0.25, -0.2) is 0 Å². The number of carbonyl (C=O) groups excluding carboxylic acids is 1. The Labute approximate surface area is 161 Å². The van der Waals surface area contributed by atoms with Crippen LogP contribution >= 0.6 is 15.9 Å². The number of aryl methyl sites for hydroxylation is 1. The highest BCUT2D eigenvalue weighted by Gasteiger charge is 2.11. The molecule has 4 heteroatoms. The molecule has 0 unspecified atom stereocenters. The number of rotatable bonds is 6. The summed E-state index contributed by atoms with van der Waals surface area (Å²) in [5.41, 5.74) is 4.50. The molecule has 0 aliphatic heterocycles. The summed E-state index contributed by atoms with van der Waals surface area (Å²) in [6.45, 7) is 1.82. The molecule has 3 aromatic rings. The molecule has 3 aromatic carbocycles. The van der Waals surface area contributed by atoms with E-state index in [2.05, 4.69) is 22.0 Å². The Morgan fingerprint density at radius 3 is 2.46 bits per heavy atom. The lowest BCUT2D eigenvalue weighted by molar-refractivity contribution is 0.0919. The fourth-order valence-corrected chi connectivity index (χ4v) is 3.14. The van der Waals surface area contributed by atoms with Crippen molar-refractivity contribution in [3.05, 3.63) is 87.9 Å². The van der Waals surface area contributed by atoms with Crippen LogP contribution in [-0.2, 0) is 6.61 Å². The molecule has 0 radical (unpaired) electrons. The van der Waals surface area contributed by atoms with E-state index in [-0.39, 0.29) is 19.0 Å². The topological polar surface area (TPSA) is 46.5 Å². The van der Waals surface area contributed by atoms with Crippen LogP contribution in [0.3, 0.4) is 0 Å². The van der Waals surface area contributed by atoms with E-state index in [1.54, 1.807) is 18.2 Å². The molecule has 0 saturated heterocycles. The number of hydrogen-bond donors (Lipinski definition) is 1. The minimum atomic E-state index is -0.147. The molecule has 0 aliphatic carbocycles. The second-order valence-electron chi connectivity index (χ2n) is 6.07. The highest BCUT2D eigenvalue weighted by molar-refractivity contribution is 9.10. The van der Waals surface area contributed by atoms with E-state index >= 15 is 0 Å². The van der Waals surface area contributed by atoms with Crippen molar-refractivity contribution < 1.29 is 14.6 Å². The Hall–Kier alpha value is -2.43. The normalized spacial score (nSPS) is 10.6. The Balaban J connectivity index is 1.76. The van der Waals surface area contributed by atoms with Gasteiger partial charge in [-0.1, -0.05) is 64.0 Å². The van der Waals surface area contributed by atoms with Crippen molar-refractivity contribution in [1.82, 2.24) is 0 Å². The van der Waals surface area contributed by atoms with Crippen LogP contribution in [0.1, 0.15) is 21.5 Å². The summed E-state index contributed by atoms with van der Waals surface area (Å²) in [5, 5.41) is 9.42. The van der Waals surface area contributed by atoms with Gasteiger partial charge in [0.25, 0.3) is 0 Å². The van der Waals surface area contributed by atoms with E-state index in [4.69, 9.17) is 4.74 Å². The third kappa shape index (κ3) is 4.40. The molecular formula is C22H19BrO3. The van der Waals surface area contributed by atoms with Crippen molar-refractivity contribution in [2.75, 3.05) is 6.61 Å². The van der Waals surface area contributed by atoms with Gasteiger partial charge in [0, 0.05) is 15.6 Å². The molecular weight excluding hydrogens is 392 g/mol. The quantitative estimate of drug-likeness (QED) is 0.569. The number of ether oxygens (including phenoxy) is 1. The van der Waals surface area contributed by atoms with Crippen LogP contribution in [0.2, 0.25) is 0 Å². The van der Waals surface area contributed by atoms with E-state index in [9.17, 15) is 9.90 Å². The minimum absolute atomic E-state index is 0.0775. The van der Waals surface area contributed by atoms with Crippen LogP contribution in [0.5, 0.6) is 5.75 Å². The number of aliphatic hydroxyl groups is 1. The second kappa shape index (κ2) is 8.30. The Morgan fingerprint density at radius 1 is 1.00 bits per heavy atom. The molecule has 0 spiro atoms. The van der Waals surface area contributed by atoms with Crippen LogP contribution in [0, 0.1) is 6.92 Å². The predicted molar refractivity (Wildman–Crippen MR) is 107 cm³/mol. The van der Waals surface area contributed by atoms with Gasteiger partial charge in [-0.2, -0.15) is 0 Å². The van der Waals surface area contributed by atoms with Crippen LogP contribution in [0.4, 0.5) is 0 Å². The first-order chi connectivity index (χ1) is 12.6. The second-order valence-corrected chi connectivity index (χ2v) is 6.99. The molecule has 1 N–H and O–H groups in total. The number of aliphatic hydroxyl groups excluding tert-OH is 1. The number of Topliss-reactive ketones (excluding diaryl/α,β-unsaturated/α-hetero) is 1. The van der Waals surface area contributed by atoms with Crippen molar-refractivity contribution in [1.29, 1.82) is 0 Å². The van der Waals surface area contributed by atoms with Gasteiger partial charge in [-0.3, -0.25) is 4.79 Å². The molecule has 0 bridgehead atoms. The van der Waals surface area contributed by atoms with Gasteiger partial charge in [-0.05, 0) is 42.3 Å². The average molecular weight is 411 g/mol. The van der Waals surface area contributed by atoms with Gasteiger partial charge >= 0.3 is 0 Å². The van der Waals surface area contributed by atoms with Crippen molar-refractivity contribution in [2.45, 2.75) is 13.5 Å². The van der Waals surface area contributed by atoms with Crippen LogP contribution in [0.15, 0.2) is 71.2 Å². The summed E-state index contributed by atoms with van der Waals surface area (Å²) in [4.78, 5) is 12.5. The average Bonchev–Trinajstić information content (AvgIpc) is 2.66. The first kappa shape index (κ1) is 18.4. The number of hydrogen-bond acceptors (Lipinski definition) is 3. The summed E-state index contributed by atoms with van der Waals surface area (Å²) >= 11 is 3.36. The fraction of sp³-hybridized carbons (Fsp3) is 0.136. The molecule has 132 valence electrons. The Bertz CT molecular complexity index is 934. The fourth-order valence-electron chi connectivity index (χ4n) is 2.74. The van der Waals surface area contributed by atoms with E-state index in [0.717, 1.165) is 15.6 Å². The summed E-state index contributed by atoms with van der Waals surface area (Å²) in [6.07, 6.45) is 0. The zero-order valence-corrected chi connectivity index (χ0v) is 16.0. The highest BCUT2D eigenvalue weighted by Crippen LogP contribution is 2.24. The molecule has 0 aliphatic rings. The maximum atomic E-state index is 12.5. The smallest absolute Gasteiger partial charge is 0.200 e. The molecule has 0 saturated carbocycles. The van der Waals surface area contributed by atoms with Crippen LogP contribution < -0.4 is 4.74 Å². The SMILES string of the molecule is Cc1cccc(-c2cccc(C(=O)COc3ccc(Br)cc3CO)c2)c1. The van der Waals surface area contributed by atoms with Gasteiger partial charge in [0.05, 0.1) is 6.61 Å². The summed E-state index contributed by atoms with van der Waals surface area (Å²) in [5.74, 6) is 0.408. The maximum absolute atomic E-state index is 12.5. The van der Waals surface area contributed by atoms with Gasteiger partial charge in [0.1, 0.15) is 5.75 Å². The third-order valence-corrected chi connectivity index (χ3v) is 4.58. The van der Waals surface area contributed by atoms with E-state index in [1.165, 1.54) is 5.56 Å². The maximum Gasteiger partial charge on any atom is 0.200 e. The molecule has 3 rings (SSSR count). The standard InChI is InChI=1S/C22H19BrO3/c1-15-4-2-5-16(10-15)17-6-3-7-18(11-17)21(25)14-26-22-9-8-20(23)12-19(22)13-24/h2-12,24H,13-14H2,1H3. The zero-order chi connectivity index (χ0) is 18.5. The Kier molecular flexibility index (Phi) is 5.86. The van der Waals surface area contributed by atoms with E-state index in [1.807, 2.05) is 49.4 Å². The third-order valence-electron chi connectivity index (χ3n) is 4.09. The van der Waals surface area contributed by atoms with Crippen molar-refractivity contribution in [3.8, 4) is 16.9 Å². The lowest BCUT2D eigenvalue weighted by atomic mass is 10.00. The van der Waals surface area contributed by atoms with Gasteiger partial charge < -0.3 is 9.84 Å². The van der Waals surface area contributed by atoms with Crippen molar-refractivity contribution in [2.24, 2.45) is 0 Å². The van der Waals surface area contributed by atoms with E-state index < -0.39 is 0 Å². The van der Waals surface area contributed by atoms with E-state index in [0.29, 0.717) is 16.9 Å². The molecule has 0 fully saturated rings. The minimum Gasteiger partial charge on any atom is -0.485 e. The lowest BCUT2D eigenvalue weighted by Gasteiger charge is -2.11. The summed E-state index contributed by atoms with van der Waals surface area (Å²) in [7, 11) is 0. The number of halogens is 1. The van der Waals surface area contributed by atoms with Gasteiger partial charge in [-0.15, -0.1) is 0 Å². The number of ketones is 1. The number of carbonyl (C=O) groups is 1. The molecule has 0 atom stereocenters. The zero-order valence-electron chi connectivity index (χ0n) is 14.4. The first-order valence-corrected chi connectivity index (χ1v) is 9.08. The lowest BCUT2D eigenvalue weighted by Crippen LogP contribution is -2.12. The van der Waals surface area contributed by atoms with Crippen molar-refractivity contribution in [3.63, 3.8) is 0 Å².